The van der Waals surface area contributed by atoms with Crippen molar-refractivity contribution in [1.82, 2.24) is 4.98 Å². The minimum Gasteiger partial charge on any atom is -0.480 e. The van der Waals surface area contributed by atoms with Crippen LogP contribution in [0.25, 0.3) is 0 Å². The van der Waals surface area contributed by atoms with Crippen LogP contribution in [0.3, 0.4) is 0 Å². The maximum Gasteiger partial charge on any atom is 0.416 e. The maximum absolute atomic E-state index is 12.5. The molecule has 1 aromatic heterocycles. The molecule has 0 amide bonds. The first-order chi connectivity index (χ1) is 8.21. The number of aromatic nitrogens is 1. The molecule has 0 fully saturated rings. The summed E-state index contributed by atoms with van der Waals surface area (Å²) in [6.45, 7) is 2.97. The number of nitrogens with zero attached hydrogens (tertiary/aromatic N) is 2. The van der Waals surface area contributed by atoms with Gasteiger partial charge in [0.15, 0.2) is 0 Å². The zero-order chi connectivity index (χ0) is 13.9. The summed E-state index contributed by atoms with van der Waals surface area (Å²) in [5.74, 6) is -1.12. The predicted octanol–water partition coefficient (Wildman–Crippen LogP) is 2.40. The summed E-state index contributed by atoms with van der Waals surface area (Å²) in [6, 6.07) is 1.43. The van der Waals surface area contributed by atoms with Gasteiger partial charge in [-0.05, 0) is 26.0 Å². The van der Waals surface area contributed by atoms with Crippen LogP contribution in [0.4, 0.5) is 19.0 Å². The SMILES string of the molecule is CC(C)N(CC(=O)O)c1cc(C(F)(F)F)ccn1. The average Bonchev–Trinajstić information content (AvgIpc) is 2.24. The fraction of sp³-hybridized carbons (Fsp3) is 0.455. The van der Waals surface area contributed by atoms with Gasteiger partial charge < -0.3 is 10.0 Å². The van der Waals surface area contributed by atoms with Crippen molar-refractivity contribution in [2.24, 2.45) is 0 Å². The molecule has 18 heavy (non-hydrogen) atoms. The molecule has 0 saturated heterocycles. The van der Waals surface area contributed by atoms with Crippen LogP contribution in [0.5, 0.6) is 0 Å². The fourth-order valence-corrected chi connectivity index (χ4v) is 1.43. The van der Waals surface area contributed by atoms with Gasteiger partial charge in [0.1, 0.15) is 12.4 Å². The molecule has 7 heteroatoms. The van der Waals surface area contributed by atoms with Gasteiger partial charge in [0.2, 0.25) is 0 Å². The van der Waals surface area contributed by atoms with E-state index in [9.17, 15) is 18.0 Å². The van der Waals surface area contributed by atoms with Crippen LogP contribution in [-0.4, -0.2) is 28.6 Å². The Morgan fingerprint density at radius 2 is 2.11 bits per heavy atom. The van der Waals surface area contributed by atoms with Crippen LogP contribution in [0, 0.1) is 0 Å². The predicted molar refractivity (Wildman–Crippen MR) is 59.4 cm³/mol. The average molecular weight is 262 g/mol. The monoisotopic (exact) mass is 262 g/mol. The third-order valence-corrected chi connectivity index (χ3v) is 2.30. The summed E-state index contributed by atoms with van der Waals surface area (Å²) in [6.07, 6.45) is -3.45. The van der Waals surface area contributed by atoms with Gasteiger partial charge in [-0.2, -0.15) is 13.2 Å². The summed E-state index contributed by atoms with van der Waals surface area (Å²) < 4.78 is 37.6. The summed E-state index contributed by atoms with van der Waals surface area (Å²) in [5, 5.41) is 8.73. The van der Waals surface area contributed by atoms with Gasteiger partial charge >= 0.3 is 12.1 Å². The third-order valence-electron chi connectivity index (χ3n) is 2.30. The van der Waals surface area contributed by atoms with Crippen LogP contribution in [0.2, 0.25) is 0 Å². The first-order valence-electron chi connectivity index (χ1n) is 5.23. The number of carboxylic acids is 1. The van der Waals surface area contributed by atoms with E-state index < -0.39 is 24.3 Å². The van der Waals surface area contributed by atoms with E-state index in [1.165, 1.54) is 4.90 Å². The number of carbonyl (C=O) groups is 1. The van der Waals surface area contributed by atoms with Gasteiger partial charge in [0.25, 0.3) is 0 Å². The Morgan fingerprint density at radius 1 is 1.50 bits per heavy atom. The molecule has 0 atom stereocenters. The van der Waals surface area contributed by atoms with Gasteiger partial charge in [-0.1, -0.05) is 0 Å². The minimum absolute atomic E-state index is 0.00206. The molecular formula is C11H13F3N2O2. The number of pyridine rings is 1. The molecule has 4 nitrogen and oxygen atoms in total. The lowest BCUT2D eigenvalue weighted by Gasteiger charge is -2.26. The van der Waals surface area contributed by atoms with E-state index in [2.05, 4.69) is 4.98 Å². The van der Waals surface area contributed by atoms with Gasteiger partial charge in [0.05, 0.1) is 5.56 Å². The molecule has 1 aromatic rings. The Morgan fingerprint density at radius 3 is 2.56 bits per heavy atom. The number of rotatable bonds is 4. The van der Waals surface area contributed by atoms with Crippen LogP contribution >= 0.6 is 0 Å². The number of aliphatic carboxylic acids is 1. The van der Waals surface area contributed by atoms with Crippen molar-refractivity contribution in [3.63, 3.8) is 0 Å². The zero-order valence-electron chi connectivity index (χ0n) is 9.90. The minimum atomic E-state index is -4.47. The van der Waals surface area contributed by atoms with Gasteiger partial charge in [0, 0.05) is 12.2 Å². The van der Waals surface area contributed by atoms with E-state index in [1.807, 2.05) is 0 Å². The molecule has 0 aliphatic carbocycles. The molecule has 100 valence electrons. The molecule has 0 aliphatic heterocycles. The van der Waals surface area contributed by atoms with Crippen LogP contribution in [0.15, 0.2) is 18.3 Å². The highest BCUT2D eigenvalue weighted by Gasteiger charge is 2.31. The molecule has 0 radical (unpaired) electrons. The first-order valence-corrected chi connectivity index (χ1v) is 5.23. The molecule has 0 aromatic carbocycles. The lowest BCUT2D eigenvalue weighted by atomic mass is 10.2. The quantitative estimate of drug-likeness (QED) is 0.905. The topological polar surface area (TPSA) is 53.4 Å². The Labute approximate surface area is 102 Å². The molecule has 1 rings (SSSR count). The van der Waals surface area contributed by atoms with Crippen molar-refractivity contribution in [2.75, 3.05) is 11.4 Å². The fourth-order valence-electron chi connectivity index (χ4n) is 1.43. The Hall–Kier alpha value is -1.79. The molecule has 0 spiro atoms. The largest absolute Gasteiger partial charge is 0.480 e. The second kappa shape index (κ2) is 5.24. The number of anilines is 1. The number of hydrogen-bond donors (Lipinski definition) is 1. The normalized spacial score (nSPS) is 11.7. The van der Waals surface area contributed by atoms with Crippen molar-refractivity contribution in [2.45, 2.75) is 26.1 Å². The van der Waals surface area contributed by atoms with Gasteiger partial charge in [-0.15, -0.1) is 0 Å². The molecule has 0 saturated carbocycles. The highest BCUT2D eigenvalue weighted by atomic mass is 19.4. The number of hydrogen-bond acceptors (Lipinski definition) is 3. The zero-order valence-corrected chi connectivity index (χ0v) is 9.90. The highest BCUT2D eigenvalue weighted by Crippen LogP contribution is 2.30. The van der Waals surface area contributed by atoms with E-state index in [1.54, 1.807) is 13.8 Å². The summed E-state index contributed by atoms with van der Waals surface area (Å²) >= 11 is 0. The van der Waals surface area contributed by atoms with Crippen molar-refractivity contribution in [1.29, 1.82) is 0 Å². The second-order valence-electron chi connectivity index (χ2n) is 4.02. The molecular weight excluding hydrogens is 249 g/mol. The summed E-state index contributed by atoms with van der Waals surface area (Å²) in [4.78, 5) is 15.8. The second-order valence-corrected chi connectivity index (χ2v) is 4.02. The molecule has 1 heterocycles. The lowest BCUT2D eigenvalue weighted by Crippen LogP contribution is -2.36. The Bertz CT molecular complexity index is 433. The first kappa shape index (κ1) is 14.3. The summed E-state index contributed by atoms with van der Waals surface area (Å²) in [7, 11) is 0. The molecule has 0 aliphatic rings. The van der Waals surface area contributed by atoms with E-state index >= 15 is 0 Å². The smallest absolute Gasteiger partial charge is 0.416 e. The van der Waals surface area contributed by atoms with Crippen molar-refractivity contribution in [3.05, 3.63) is 23.9 Å². The lowest BCUT2D eigenvalue weighted by molar-refractivity contribution is -0.137. The molecule has 0 unspecified atom stereocenters. The van der Waals surface area contributed by atoms with E-state index in [4.69, 9.17) is 5.11 Å². The van der Waals surface area contributed by atoms with Crippen LogP contribution in [-0.2, 0) is 11.0 Å². The van der Waals surface area contributed by atoms with Crippen molar-refractivity contribution >= 4 is 11.8 Å². The number of alkyl halides is 3. The standard InChI is InChI=1S/C11H13F3N2O2/c1-7(2)16(6-10(17)18)9-5-8(3-4-15-9)11(12,13)14/h3-5,7H,6H2,1-2H3,(H,17,18). The molecule has 1 N–H and O–H groups in total. The van der Waals surface area contributed by atoms with Crippen molar-refractivity contribution in [3.8, 4) is 0 Å². The molecule has 0 bridgehead atoms. The van der Waals surface area contributed by atoms with Crippen LogP contribution in [0.1, 0.15) is 19.4 Å². The number of halogens is 3. The Balaban J connectivity index is 3.09. The van der Waals surface area contributed by atoms with E-state index in [-0.39, 0.29) is 11.9 Å². The van der Waals surface area contributed by atoms with E-state index in [0.29, 0.717) is 0 Å². The number of carboxylic acid groups (broad SMARTS) is 1. The van der Waals surface area contributed by atoms with E-state index in [0.717, 1.165) is 18.3 Å². The maximum atomic E-state index is 12.5. The third kappa shape index (κ3) is 3.61. The summed E-state index contributed by atoms with van der Waals surface area (Å²) in [5.41, 5.74) is -0.844. The van der Waals surface area contributed by atoms with Gasteiger partial charge in [-0.3, -0.25) is 4.79 Å². The van der Waals surface area contributed by atoms with Gasteiger partial charge in [-0.25, -0.2) is 4.98 Å². The Kier molecular flexibility index (Phi) is 4.15. The van der Waals surface area contributed by atoms with Crippen LogP contribution < -0.4 is 4.90 Å². The van der Waals surface area contributed by atoms with Crippen molar-refractivity contribution < 1.29 is 23.1 Å². The highest BCUT2D eigenvalue weighted by molar-refractivity contribution is 5.73.